The molecule has 2 rings (SSSR count). The van der Waals surface area contributed by atoms with Crippen LogP contribution in [0.5, 0.6) is 5.75 Å². The molecule has 1 aromatic heterocycles. The normalized spacial score (nSPS) is 10.2. The van der Waals surface area contributed by atoms with Gasteiger partial charge in [-0.15, -0.1) is 0 Å². The van der Waals surface area contributed by atoms with Gasteiger partial charge in [0.15, 0.2) is 11.5 Å². The Balaban J connectivity index is 2.55. The van der Waals surface area contributed by atoms with Crippen molar-refractivity contribution in [2.75, 3.05) is 7.11 Å². The molecule has 0 saturated heterocycles. The molecule has 0 amide bonds. The van der Waals surface area contributed by atoms with Crippen LogP contribution in [0.3, 0.4) is 0 Å². The maximum absolute atomic E-state index is 10.7. The first-order valence-corrected chi connectivity index (χ1v) is 5.04. The molecular weight excluding hydrogens is 246 g/mol. The van der Waals surface area contributed by atoms with E-state index in [1.807, 2.05) is 0 Å². The third-order valence-corrected chi connectivity index (χ3v) is 2.49. The van der Waals surface area contributed by atoms with E-state index < -0.39 is 5.97 Å². The van der Waals surface area contributed by atoms with E-state index >= 15 is 0 Å². The van der Waals surface area contributed by atoms with E-state index in [1.54, 1.807) is 18.2 Å². The average Bonchev–Trinajstić information content (AvgIpc) is 2.77. The monoisotopic (exact) mass is 253 g/mol. The van der Waals surface area contributed by atoms with Gasteiger partial charge in [0.1, 0.15) is 5.75 Å². The summed E-state index contributed by atoms with van der Waals surface area (Å²) in [5.74, 6) is -0.415. The zero-order valence-corrected chi connectivity index (χ0v) is 9.56. The summed E-state index contributed by atoms with van der Waals surface area (Å²) in [6.45, 7) is 0. The molecule has 0 atom stereocenters. The summed E-state index contributed by atoms with van der Waals surface area (Å²) in [6, 6.07) is 6.37. The highest BCUT2D eigenvalue weighted by molar-refractivity contribution is 6.33. The molecule has 0 radical (unpaired) electrons. The molecular formula is C11H8ClNO4. The van der Waals surface area contributed by atoms with Crippen LogP contribution in [0.1, 0.15) is 10.5 Å². The Morgan fingerprint density at radius 2 is 2.29 bits per heavy atom. The van der Waals surface area contributed by atoms with Gasteiger partial charge in [-0.05, 0) is 12.1 Å². The highest BCUT2D eigenvalue weighted by Crippen LogP contribution is 2.36. The fourth-order valence-electron chi connectivity index (χ4n) is 1.41. The summed E-state index contributed by atoms with van der Waals surface area (Å²) in [7, 11) is 1.49. The number of rotatable bonds is 3. The number of benzene rings is 1. The Kier molecular flexibility index (Phi) is 3.01. The minimum atomic E-state index is -1.16. The van der Waals surface area contributed by atoms with Crippen LogP contribution in [0, 0.1) is 0 Å². The van der Waals surface area contributed by atoms with Crippen LogP contribution in [0.15, 0.2) is 28.8 Å². The number of aromatic nitrogens is 1. The number of methoxy groups -OCH3 is 1. The summed E-state index contributed by atoms with van der Waals surface area (Å²) in [6.07, 6.45) is 0. The lowest BCUT2D eigenvalue weighted by atomic mass is 10.1. The van der Waals surface area contributed by atoms with Crippen molar-refractivity contribution in [3.8, 4) is 17.1 Å². The molecule has 1 heterocycles. The number of hydrogen-bond acceptors (Lipinski definition) is 4. The van der Waals surface area contributed by atoms with Gasteiger partial charge in [-0.1, -0.05) is 22.8 Å². The van der Waals surface area contributed by atoms with Gasteiger partial charge in [0.2, 0.25) is 0 Å². The summed E-state index contributed by atoms with van der Waals surface area (Å²) < 4.78 is 10.1. The number of carbonyl (C=O) groups is 1. The van der Waals surface area contributed by atoms with Crippen LogP contribution in [-0.2, 0) is 0 Å². The number of nitrogens with zero attached hydrogens (tertiary/aromatic N) is 1. The molecule has 0 aliphatic heterocycles. The average molecular weight is 254 g/mol. The van der Waals surface area contributed by atoms with Crippen LogP contribution in [0.25, 0.3) is 11.3 Å². The van der Waals surface area contributed by atoms with Gasteiger partial charge in [0.25, 0.3) is 0 Å². The van der Waals surface area contributed by atoms with Crippen molar-refractivity contribution < 1.29 is 19.2 Å². The zero-order chi connectivity index (χ0) is 12.4. The van der Waals surface area contributed by atoms with E-state index in [0.29, 0.717) is 16.3 Å². The largest absolute Gasteiger partial charge is 0.496 e. The minimum absolute atomic E-state index is 0.179. The minimum Gasteiger partial charge on any atom is -0.496 e. The molecule has 0 spiro atoms. The molecule has 1 N–H and O–H groups in total. The third kappa shape index (κ3) is 2.09. The van der Waals surface area contributed by atoms with Crippen molar-refractivity contribution in [3.63, 3.8) is 0 Å². The van der Waals surface area contributed by atoms with Crippen LogP contribution in [0.2, 0.25) is 5.02 Å². The summed E-state index contributed by atoms with van der Waals surface area (Å²) >= 11 is 6.02. The highest BCUT2D eigenvalue weighted by atomic mass is 35.5. The Morgan fingerprint density at radius 1 is 1.53 bits per heavy atom. The smallest absolute Gasteiger partial charge is 0.358 e. The molecule has 0 saturated carbocycles. The second kappa shape index (κ2) is 4.47. The maximum Gasteiger partial charge on any atom is 0.358 e. The van der Waals surface area contributed by atoms with Crippen molar-refractivity contribution >= 4 is 17.6 Å². The Bertz CT molecular complexity index is 564. The maximum atomic E-state index is 10.7. The second-order valence-electron chi connectivity index (χ2n) is 3.20. The molecule has 0 aliphatic rings. The number of ether oxygens (including phenoxy) is 1. The second-order valence-corrected chi connectivity index (χ2v) is 3.61. The van der Waals surface area contributed by atoms with Crippen LogP contribution in [0.4, 0.5) is 0 Å². The van der Waals surface area contributed by atoms with E-state index in [1.165, 1.54) is 13.2 Å². The first-order valence-electron chi connectivity index (χ1n) is 4.66. The van der Waals surface area contributed by atoms with Gasteiger partial charge in [-0.25, -0.2) is 4.79 Å². The number of carboxylic acids is 1. The van der Waals surface area contributed by atoms with Crippen LogP contribution >= 0.6 is 11.6 Å². The number of aromatic carboxylic acids is 1. The molecule has 1 aromatic carbocycles. The van der Waals surface area contributed by atoms with E-state index in [0.717, 1.165) is 0 Å². The van der Waals surface area contributed by atoms with Gasteiger partial charge >= 0.3 is 5.97 Å². The molecule has 6 heteroatoms. The SMILES string of the molecule is COc1cccc(Cl)c1-c1cc(C(=O)O)no1. The summed E-state index contributed by atoms with van der Waals surface area (Å²) in [5.41, 5.74) is 0.304. The summed E-state index contributed by atoms with van der Waals surface area (Å²) in [5, 5.41) is 12.6. The molecule has 17 heavy (non-hydrogen) atoms. The number of halogens is 1. The van der Waals surface area contributed by atoms with Gasteiger partial charge < -0.3 is 14.4 Å². The summed E-state index contributed by atoms with van der Waals surface area (Å²) in [4.78, 5) is 10.7. The fourth-order valence-corrected chi connectivity index (χ4v) is 1.67. The predicted octanol–water partition coefficient (Wildman–Crippen LogP) is 2.70. The van der Waals surface area contributed by atoms with Crippen molar-refractivity contribution in [3.05, 3.63) is 35.0 Å². The fraction of sp³-hybridized carbons (Fsp3) is 0.0909. The standard InChI is InChI=1S/C11H8ClNO4/c1-16-8-4-2-3-6(12)10(8)9-5-7(11(14)15)13-17-9/h2-5H,1H3,(H,14,15). The molecule has 0 aliphatic carbocycles. The Morgan fingerprint density at radius 3 is 2.88 bits per heavy atom. The Labute approximate surface area is 102 Å². The predicted molar refractivity (Wildman–Crippen MR) is 60.5 cm³/mol. The van der Waals surface area contributed by atoms with E-state index in [-0.39, 0.29) is 11.5 Å². The van der Waals surface area contributed by atoms with E-state index in [4.69, 9.17) is 26.0 Å². The van der Waals surface area contributed by atoms with Gasteiger partial charge in [0, 0.05) is 6.07 Å². The number of hydrogen-bond donors (Lipinski definition) is 1. The molecule has 0 bridgehead atoms. The van der Waals surface area contributed by atoms with Gasteiger partial charge in [-0.2, -0.15) is 0 Å². The molecule has 0 unspecified atom stereocenters. The van der Waals surface area contributed by atoms with Crippen LogP contribution < -0.4 is 4.74 Å². The van der Waals surface area contributed by atoms with Crippen LogP contribution in [-0.4, -0.2) is 23.3 Å². The first kappa shape index (κ1) is 11.5. The lowest BCUT2D eigenvalue weighted by Gasteiger charge is -2.06. The topological polar surface area (TPSA) is 72.6 Å². The van der Waals surface area contributed by atoms with Gasteiger partial charge in [-0.3, -0.25) is 0 Å². The molecule has 5 nitrogen and oxygen atoms in total. The quantitative estimate of drug-likeness (QED) is 0.910. The van der Waals surface area contributed by atoms with Gasteiger partial charge in [0.05, 0.1) is 17.7 Å². The van der Waals surface area contributed by atoms with Crippen molar-refractivity contribution in [2.24, 2.45) is 0 Å². The first-order chi connectivity index (χ1) is 8.13. The lowest BCUT2D eigenvalue weighted by Crippen LogP contribution is -1.94. The molecule has 2 aromatic rings. The van der Waals surface area contributed by atoms with E-state index in [9.17, 15) is 4.79 Å². The zero-order valence-electron chi connectivity index (χ0n) is 8.81. The van der Waals surface area contributed by atoms with E-state index in [2.05, 4.69) is 5.16 Å². The highest BCUT2D eigenvalue weighted by Gasteiger charge is 2.17. The van der Waals surface area contributed by atoms with Crippen molar-refractivity contribution in [1.29, 1.82) is 0 Å². The lowest BCUT2D eigenvalue weighted by molar-refractivity contribution is 0.0686. The number of carboxylic acid groups (broad SMARTS) is 1. The van der Waals surface area contributed by atoms with Crippen molar-refractivity contribution in [2.45, 2.75) is 0 Å². The Hall–Kier alpha value is -2.01. The van der Waals surface area contributed by atoms with Crippen molar-refractivity contribution in [1.82, 2.24) is 5.16 Å². The third-order valence-electron chi connectivity index (χ3n) is 2.17. The molecule has 0 fully saturated rings. The molecule has 88 valence electrons.